The summed E-state index contributed by atoms with van der Waals surface area (Å²) >= 11 is 0. The lowest BCUT2D eigenvalue weighted by molar-refractivity contribution is 0.221. The molecule has 0 saturated carbocycles. The quantitative estimate of drug-likeness (QED) is 0.641. The van der Waals surface area contributed by atoms with E-state index in [1.54, 1.807) is 0 Å². The van der Waals surface area contributed by atoms with E-state index in [9.17, 15) is 8.42 Å². The van der Waals surface area contributed by atoms with Gasteiger partial charge in [0.05, 0.1) is 6.61 Å². The highest BCUT2D eigenvalue weighted by Gasteiger charge is 2.09. The molecule has 5 heteroatoms. The van der Waals surface area contributed by atoms with Crippen LogP contribution in [0.3, 0.4) is 0 Å². The lowest BCUT2D eigenvalue weighted by Crippen LogP contribution is -2.11. The summed E-state index contributed by atoms with van der Waals surface area (Å²) in [5.74, 6) is 0.899. The minimum atomic E-state index is -4.27. The maximum absolute atomic E-state index is 10.3. The van der Waals surface area contributed by atoms with Crippen LogP contribution in [0.5, 0.6) is 0 Å². The van der Waals surface area contributed by atoms with Gasteiger partial charge < -0.3 is 0 Å². The molecule has 0 saturated heterocycles. The third-order valence-electron chi connectivity index (χ3n) is 2.68. The molecule has 0 radical (unpaired) electrons. The van der Waals surface area contributed by atoms with Gasteiger partial charge in [-0.2, -0.15) is 8.42 Å². The van der Waals surface area contributed by atoms with Crippen molar-refractivity contribution in [2.24, 2.45) is 11.8 Å². The van der Waals surface area contributed by atoms with Gasteiger partial charge in [-0.1, -0.05) is 46.5 Å². The van der Waals surface area contributed by atoms with Crippen LogP contribution in [-0.2, 0) is 14.6 Å². The first-order valence-electron chi connectivity index (χ1n) is 5.97. The van der Waals surface area contributed by atoms with Gasteiger partial charge in [0.15, 0.2) is 0 Å². The molecule has 0 fully saturated rings. The van der Waals surface area contributed by atoms with Gasteiger partial charge in [0.2, 0.25) is 0 Å². The fourth-order valence-electron chi connectivity index (χ4n) is 1.74. The second kappa shape index (κ2) is 8.03. The standard InChI is InChI=1S/C11H24O4S/c1-4-6-10(2)7-5-8-11(3)9-15-16(12,13)14/h10-11H,4-9H2,1-3H3,(H,12,13,14)/t10-,11-/m0/s1. The predicted octanol–water partition coefficient (Wildman–Crippen LogP) is 3.05. The van der Waals surface area contributed by atoms with Gasteiger partial charge in [-0.25, -0.2) is 4.18 Å². The molecule has 0 aromatic heterocycles. The Balaban J connectivity index is 3.54. The van der Waals surface area contributed by atoms with Crippen LogP contribution in [0.15, 0.2) is 0 Å². The largest absolute Gasteiger partial charge is 0.397 e. The molecule has 16 heavy (non-hydrogen) atoms. The molecular weight excluding hydrogens is 228 g/mol. The van der Waals surface area contributed by atoms with Crippen LogP contribution in [0, 0.1) is 11.8 Å². The molecule has 0 unspecified atom stereocenters. The summed E-state index contributed by atoms with van der Waals surface area (Å²) in [6, 6.07) is 0. The zero-order chi connectivity index (χ0) is 12.6. The molecule has 0 aromatic carbocycles. The predicted molar refractivity (Wildman–Crippen MR) is 64.6 cm³/mol. The summed E-state index contributed by atoms with van der Waals surface area (Å²) in [5.41, 5.74) is 0. The summed E-state index contributed by atoms with van der Waals surface area (Å²) in [4.78, 5) is 0. The van der Waals surface area contributed by atoms with Crippen LogP contribution in [0.1, 0.15) is 52.9 Å². The molecule has 0 aliphatic carbocycles. The van der Waals surface area contributed by atoms with Gasteiger partial charge in [-0.05, 0) is 18.3 Å². The topological polar surface area (TPSA) is 63.6 Å². The first-order chi connectivity index (χ1) is 7.35. The Morgan fingerprint density at radius 1 is 1.12 bits per heavy atom. The lowest BCUT2D eigenvalue weighted by atomic mass is 9.96. The molecule has 0 bridgehead atoms. The molecule has 0 rings (SSSR count). The number of hydrogen-bond acceptors (Lipinski definition) is 3. The van der Waals surface area contributed by atoms with Crippen molar-refractivity contribution in [1.29, 1.82) is 0 Å². The minimum Gasteiger partial charge on any atom is -0.264 e. The summed E-state index contributed by atoms with van der Waals surface area (Å²) in [6.07, 6.45) is 5.64. The van der Waals surface area contributed by atoms with Gasteiger partial charge >= 0.3 is 10.4 Å². The van der Waals surface area contributed by atoms with Crippen molar-refractivity contribution in [1.82, 2.24) is 0 Å². The summed E-state index contributed by atoms with van der Waals surface area (Å²) in [7, 11) is -4.27. The molecule has 0 spiro atoms. The summed E-state index contributed by atoms with van der Waals surface area (Å²) in [5, 5.41) is 0. The van der Waals surface area contributed by atoms with Crippen LogP contribution < -0.4 is 0 Å². The molecule has 1 N–H and O–H groups in total. The second-order valence-corrected chi connectivity index (χ2v) is 5.73. The minimum absolute atomic E-state index is 0.0704. The Kier molecular flexibility index (Phi) is 7.97. The van der Waals surface area contributed by atoms with Gasteiger partial charge in [-0.15, -0.1) is 0 Å². The third kappa shape index (κ3) is 10.4. The lowest BCUT2D eigenvalue weighted by Gasteiger charge is -2.13. The van der Waals surface area contributed by atoms with Gasteiger partial charge in [0.1, 0.15) is 0 Å². The molecule has 0 aliphatic heterocycles. The van der Waals surface area contributed by atoms with E-state index in [1.807, 2.05) is 6.92 Å². The fourth-order valence-corrected chi connectivity index (χ4v) is 2.14. The highest BCUT2D eigenvalue weighted by atomic mass is 32.3. The molecule has 4 nitrogen and oxygen atoms in total. The average Bonchev–Trinajstić information content (AvgIpc) is 2.14. The normalized spacial score (nSPS) is 16.0. The van der Waals surface area contributed by atoms with Crippen molar-refractivity contribution < 1.29 is 17.2 Å². The Bertz CT molecular complexity index is 261. The van der Waals surface area contributed by atoms with Crippen molar-refractivity contribution >= 4 is 10.4 Å². The van der Waals surface area contributed by atoms with E-state index in [2.05, 4.69) is 18.0 Å². The highest BCUT2D eigenvalue weighted by Crippen LogP contribution is 2.16. The average molecular weight is 252 g/mol. The molecule has 98 valence electrons. The van der Waals surface area contributed by atoms with Crippen LogP contribution >= 0.6 is 0 Å². The second-order valence-electron chi connectivity index (χ2n) is 4.64. The van der Waals surface area contributed by atoms with Crippen LogP contribution in [0.2, 0.25) is 0 Å². The zero-order valence-electron chi connectivity index (χ0n) is 10.5. The maximum Gasteiger partial charge on any atom is 0.397 e. The van der Waals surface area contributed by atoms with E-state index in [-0.39, 0.29) is 12.5 Å². The van der Waals surface area contributed by atoms with E-state index in [0.29, 0.717) is 0 Å². The number of rotatable bonds is 9. The molecule has 0 aliphatic rings. The van der Waals surface area contributed by atoms with Crippen molar-refractivity contribution in [2.75, 3.05) is 6.61 Å². The molecule has 0 amide bonds. The first-order valence-corrected chi connectivity index (χ1v) is 7.33. The monoisotopic (exact) mass is 252 g/mol. The zero-order valence-corrected chi connectivity index (χ0v) is 11.3. The number of hydrogen-bond donors (Lipinski definition) is 1. The van der Waals surface area contributed by atoms with Crippen LogP contribution in [0.4, 0.5) is 0 Å². The van der Waals surface area contributed by atoms with E-state index in [1.165, 1.54) is 19.3 Å². The maximum atomic E-state index is 10.3. The van der Waals surface area contributed by atoms with Gasteiger partial charge in [-0.3, -0.25) is 4.55 Å². The smallest absolute Gasteiger partial charge is 0.264 e. The van der Waals surface area contributed by atoms with E-state index < -0.39 is 10.4 Å². The molecule has 0 heterocycles. The Labute approximate surface area is 99.3 Å². The third-order valence-corrected chi connectivity index (χ3v) is 3.11. The first kappa shape index (κ1) is 15.9. The van der Waals surface area contributed by atoms with Crippen molar-refractivity contribution in [2.45, 2.75) is 52.9 Å². The fraction of sp³-hybridized carbons (Fsp3) is 1.00. The summed E-state index contributed by atoms with van der Waals surface area (Å²) < 4.78 is 33.4. The van der Waals surface area contributed by atoms with Crippen LogP contribution in [-0.4, -0.2) is 19.6 Å². The van der Waals surface area contributed by atoms with Gasteiger partial charge in [0, 0.05) is 0 Å². The molecular formula is C11H24O4S. The Morgan fingerprint density at radius 2 is 1.69 bits per heavy atom. The Morgan fingerprint density at radius 3 is 2.19 bits per heavy atom. The van der Waals surface area contributed by atoms with Crippen molar-refractivity contribution in [3.8, 4) is 0 Å². The Hall–Kier alpha value is -0.130. The summed E-state index contributed by atoms with van der Waals surface area (Å²) in [6.45, 7) is 6.42. The van der Waals surface area contributed by atoms with Crippen molar-refractivity contribution in [3.05, 3.63) is 0 Å². The van der Waals surface area contributed by atoms with Crippen molar-refractivity contribution in [3.63, 3.8) is 0 Å². The SMILES string of the molecule is CCC[C@H](C)CCC[C@H](C)COS(=O)(=O)O. The van der Waals surface area contributed by atoms with Gasteiger partial charge in [0.25, 0.3) is 0 Å². The molecule has 0 aromatic rings. The van der Waals surface area contributed by atoms with E-state index >= 15 is 0 Å². The van der Waals surface area contributed by atoms with E-state index in [0.717, 1.165) is 18.8 Å². The molecule has 2 atom stereocenters. The highest BCUT2D eigenvalue weighted by molar-refractivity contribution is 7.80. The van der Waals surface area contributed by atoms with E-state index in [4.69, 9.17) is 4.55 Å². The van der Waals surface area contributed by atoms with Crippen LogP contribution in [0.25, 0.3) is 0 Å².